The van der Waals surface area contributed by atoms with Crippen molar-refractivity contribution in [2.24, 2.45) is 17.3 Å². The van der Waals surface area contributed by atoms with Crippen molar-refractivity contribution < 1.29 is 18.0 Å². The van der Waals surface area contributed by atoms with E-state index in [2.05, 4.69) is 0 Å². The molecule has 0 aliphatic heterocycles. The molecule has 0 radical (unpaired) electrons. The lowest BCUT2D eigenvalue weighted by molar-refractivity contribution is -0.185. The third kappa shape index (κ3) is 4.62. The van der Waals surface area contributed by atoms with E-state index in [4.69, 9.17) is 0 Å². The number of carbonyl (C=O) groups is 1. The molecule has 0 bridgehead atoms. The minimum Gasteiger partial charge on any atom is -0.299 e. The molecule has 1 rings (SSSR count). The molecule has 0 aromatic carbocycles. The summed E-state index contributed by atoms with van der Waals surface area (Å²) in [4.78, 5) is 11.8. The van der Waals surface area contributed by atoms with Gasteiger partial charge in [-0.2, -0.15) is 13.2 Å². The third-order valence-corrected chi connectivity index (χ3v) is 3.86. The number of Topliss-reactive ketones (excluding diaryl/α,β-unsaturated/α-hetero) is 1. The Labute approximate surface area is 107 Å². The van der Waals surface area contributed by atoms with Crippen LogP contribution in [0.5, 0.6) is 0 Å². The molecule has 1 fully saturated rings. The highest BCUT2D eigenvalue weighted by Gasteiger charge is 2.42. The van der Waals surface area contributed by atoms with E-state index in [0.717, 1.165) is 6.42 Å². The van der Waals surface area contributed by atoms with Crippen LogP contribution in [0.3, 0.4) is 0 Å². The number of hydrogen-bond acceptors (Lipinski definition) is 1. The van der Waals surface area contributed by atoms with E-state index in [1.165, 1.54) is 0 Å². The number of rotatable bonds is 3. The van der Waals surface area contributed by atoms with Crippen molar-refractivity contribution in [1.29, 1.82) is 0 Å². The van der Waals surface area contributed by atoms with E-state index in [9.17, 15) is 18.0 Å². The molecule has 0 N–H and O–H groups in total. The molecule has 1 aliphatic carbocycles. The quantitative estimate of drug-likeness (QED) is 0.719. The van der Waals surface area contributed by atoms with Gasteiger partial charge in [0.1, 0.15) is 5.78 Å². The van der Waals surface area contributed by atoms with Crippen LogP contribution in [0.15, 0.2) is 0 Å². The van der Waals surface area contributed by atoms with E-state index in [1.807, 2.05) is 20.8 Å². The van der Waals surface area contributed by atoms with Gasteiger partial charge in [-0.25, -0.2) is 0 Å². The number of halogens is 3. The summed E-state index contributed by atoms with van der Waals surface area (Å²) in [6.07, 6.45) is -1.09. The molecule has 1 saturated carbocycles. The van der Waals surface area contributed by atoms with Crippen molar-refractivity contribution in [2.45, 2.75) is 65.5 Å². The van der Waals surface area contributed by atoms with Crippen molar-refractivity contribution in [3.8, 4) is 0 Å². The predicted octanol–water partition coefficient (Wildman–Crippen LogP) is 4.75. The van der Waals surface area contributed by atoms with Crippen molar-refractivity contribution in [2.75, 3.05) is 0 Å². The molecule has 1 aliphatic rings. The third-order valence-electron chi connectivity index (χ3n) is 3.86. The van der Waals surface area contributed by atoms with Crippen LogP contribution >= 0.6 is 0 Å². The van der Waals surface area contributed by atoms with E-state index in [-0.39, 0.29) is 30.0 Å². The van der Waals surface area contributed by atoms with Crippen molar-refractivity contribution in [3.63, 3.8) is 0 Å². The largest absolute Gasteiger partial charge is 0.391 e. The van der Waals surface area contributed by atoms with Gasteiger partial charge in [0.05, 0.1) is 5.92 Å². The van der Waals surface area contributed by atoms with Gasteiger partial charge < -0.3 is 0 Å². The van der Waals surface area contributed by atoms with E-state index in [0.29, 0.717) is 19.3 Å². The fourth-order valence-electron chi connectivity index (χ4n) is 2.56. The van der Waals surface area contributed by atoms with Gasteiger partial charge in [0.25, 0.3) is 0 Å². The number of hydrogen-bond donors (Lipinski definition) is 0. The Morgan fingerprint density at radius 1 is 1.17 bits per heavy atom. The lowest BCUT2D eigenvalue weighted by Crippen LogP contribution is -2.29. The summed E-state index contributed by atoms with van der Waals surface area (Å²) in [5.41, 5.74) is -0.377. The lowest BCUT2D eigenvalue weighted by Gasteiger charge is -2.30. The van der Waals surface area contributed by atoms with Crippen molar-refractivity contribution in [1.82, 2.24) is 0 Å². The van der Waals surface area contributed by atoms with Crippen LogP contribution in [0.25, 0.3) is 0 Å². The van der Waals surface area contributed by atoms with E-state index in [1.54, 1.807) is 0 Å². The van der Waals surface area contributed by atoms with Gasteiger partial charge in [0, 0.05) is 11.8 Å². The molecule has 106 valence electrons. The van der Waals surface area contributed by atoms with E-state index >= 15 is 0 Å². The maximum Gasteiger partial charge on any atom is 0.391 e. The molecule has 0 amide bonds. The fraction of sp³-hybridized carbons (Fsp3) is 0.929. The predicted molar refractivity (Wildman–Crippen MR) is 65.2 cm³/mol. The van der Waals surface area contributed by atoms with Gasteiger partial charge in [0.15, 0.2) is 0 Å². The second-order valence-electron chi connectivity index (χ2n) is 6.48. The zero-order chi connectivity index (χ0) is 14.0. The highest BCUT2D eigenvalue weighted by Crippen LogP contribution is 2.41. The maximum absolute atomic E-state index is 12.6. The molecule has 4 heteroatoms. The topological polar surface area (TPSA) is 17.1 Å². The Morgan fingerprint density at radius 2 is 1.78 bits per heavy atom. The first-order valence-electron chi connectivity index (χ1n) is 6.70. The zero-order valence-electron chi connectivity index (χ0n) is 11.4. The Balaban J connectivity index is 2.42. The minimum absolute atomic E-state index is 0.0664. The molecular weight excluding hydrogens is 241 g/mol. The highest BCUT2D eigenvalue weighted by molar-refractivity contribution is 5.83. The molecule has 0 spiro atoms. The second kappa shape index (κ2) is 5.62. The maximum atomic E-state index is 12.6. The Morgan fingerprint density at radius 3 is 2.28 bits per heavy atom. The summed E-state index contributed by atoms with van der Waals surface area (Å²) >= 11 is 0. The van der Waals surface area contributed by atoms with Crippen LogP contribution < -0.4 is 0 Å². The monoisotopic (exact) mass is 264 g/mol. The normalized spacial score (nSPS) is 26.1. The Bertz CT molecular complexity index is 288. The molecule has 1 nitrogen and oxygen atoms in total. The molecule has 2 atom stereocenters. The first-order chi connectivity index (χ1) is 8.10. The molecule has 0 heterocycles. The molecule has 18 heavy (non-hydrogen) atoms. The summed E-state index contributed by atoms with van der Waals surface area (Å²) in [5.74, 6) is -0.936. The summed E-state index contributed by atoms with van der Waals surface area (Å²) in [6.45, 7) is 5.57. The van der Waals surface area contributed by atoms with Gasteiger partial charge in [-0.3, -0.25) is 4.79 Å². The summed E-state index contributed by atoms with van der Waals surface area (Å²) in [5, 5.41) is 0. The van der Waals surface area contributed by atoms with Crippen LogP contribution in [0.2, 0.25) is 0 Å². The smallest absolute Gasteiger partial charge is 0.299 e. The molecular formula is C14H23F3O. The van der Waals surface area contributed by atoms with Gasteiger partial charge in [-0.15, -0.1) is 0 Å². The molecule has 2 unspecified atom stereocenters. The van der Waals surface area contributed by atoms with Gasteiger partial charge in [0.2, 0.25) is 0 Å². The average molecular weight is 264 g/mol. The first kappa shape index (κ1) is 15.5. The molecule has 0 aromatic heterocycles. The van der Waals surface area contributed by atoms with Crippen LogP contribution in [-0.4, -0.2) is 12.0 Å². The first-order valence-corrected chi connectivity index (χ1v) is 6.70. The van der Waals surface area contributed by atoms with E-state index < -0.39 is 12.1 Å². The summed E-state index contributed by atoms with van der Waals surface area (Å²) in [6, 6.07) is 0. The number of ketones is 1. The Hall–Kier alpha value is -0.540. The molecule has 0 aromatic rings. The van der Waals surface area contributed by atoms with Gasteiger partial charge in [-0.1, -0.05) is 33.6 Å². The van der Waals surface area contributed by atoms with Gasteiger partial charge >= 0.3 is 6.18 Å². The minimum atomic E-state index is -4.06. The van der Waals surface area contributed by atoms with Gasteiger partial charge in [-0.05, 0) is 25.2 Å². The zero-order valence-corrected chi connectivity index (χ0v) is 11.4. The summed E-state index contributed by atoms with van der Waals surface area (Å²) < 4.78 is 37.9. The van der Waals surface area contributed by atoms with Crippen LogP contribution in [0.1, 0.15) is 59.3 Å². The SMILES string of the molecule is CC(C)(C)C(=O)CCC1CCCC(C(F)(F)F)C1. The fourth-order valence-corrected chi connectivity index (χ4v) is 2.56. The number of alkyl halides is 3. The van der Waals surface area contributed by atoms with Crippen LogP contribution in [0, 0.1) is 17.3 Å². The van der Waals surface area contributed by atoms with Crippen LogP contribution in [0.4, 0.5) is 13.2 Å². The number of carbonyl (C=O) groups excluding carboxylic acids is 1. The van der Waals surface area contributed by atoms with Crippen molar-refractivity contribution in [3.05, 3.63) is 0 Å². The summed E-state index contributed by atoms with van der Waals surface area (Å²) in [7, 11) is 0. The standard InChI is InChI=1S/C14H23F3O/c1-13(2,3)12(18)8-7-10-5-4-6-11(9-10)14(15,16)17/h10-11H,4-9H2,1-3H3. The molecule has 0 saturated heterocycles. The average Bonchev–Trinajstić information content (AvgIpc) is 2.23. The highest BCUT2D eigenvalue weighted by atomic mass is 19.4. The lowest BCUT2D eigenvalue weighted by atomic mass is 9.77. The Kier molecular flexibility index (Phi) is 4.84. The van der Waals surface area contributed by atoms with Crippen molar-refractivity contribution >= 4 is 5.78 Å². The second-order valence-corrected chi connectivity index (χ2v) is 6.48. The van der Waals surface area contributed by atoms with Crippen LogP contribution in [-0.2, 0) is 4.79 Å².